The Morgan fingerprint density at radius 2 is 0.206 bits per heavy atom. The van der Waals surface area contributed by atoms with E-state index in [4.69, 9.17) is 0 Å². The van der Waals surface area contributed by atoms with Crippen LogP contribution < -0.4 is 0 Å². The molecule has 0 spiro atoms. The van der Waals surface area contributed by atoms with Crippen LogP contribution in [0.4, 0.5) is 0 Å². The topological polar surface area (TPSA) is 0 Å². The van der Waals surface area contributed by atoms with E-state index in [0.717, 1.165) is 23.7 Å². The minimum Gasteiger partial charge on any atom is -0.324 e. The molecule has 0 aromatic rings. The molecule has 97 heavy (non-hydrogen) atoms. The molecule has 0 bridgehead atoms. The summed E-state index contributed by atoms with van der Waals surface area (Å²) in [6.45, 7) is 25.0. The van der Waals surface area contributed by atoms with Crippen LogP contribution in [-0.2, 0) is 0 Å². The van der Waals surface area contributed by atoms with E-state index in [9.17, 15) is 0 Å². The third kappa shape index (κ3) is 72.7. The first-order chi connectivity index (χ1) is 48.0. The van der Waals surface area contributed by atoms with E-state index in [2.05, 4.69) is 55.4 Å². The number of hydrogen-bond acceptors (Lipinski definition) is 0. The Hall–Kier alpha value is -0.0400. The van der Waals surface area contributed by atoms with Crippen molar-refractivity contribution in [3.8, 4) is 0 Å². The van der Waals surface area contributed by atoms with Crippen molar-refractivity contribution in [1.29, 1.82) is 0 Å². The van der Waals surface area contributed by atoms with Crippen LogP contribution in [0, 0.1) is 23.7 Å². The number of nitrogens with zero attached hydrogens (tertiary/aromatic N) is 1. The third-order valence-electron chi connectivity index (χ3n) is 24.7. The van der Waals surface area contributed by atoms with Crippen LogP contribution in [0.25, 0.3) is 0 Å². The van der Waals surface area contributed by atoms with Gasteiger partial charge in [0.2, 0.25) is 0 Å². The molecule has 0 N–H and O–H groups in total. The lowest BCUT2D eigenvalue weighted by atomic mass is 9.89. The van der Waals surface area contributed by atoms with Crippen LogP contribution >= 0.6 is 0 Å². The van der Waals surface area contributed by atoms with Gasteiger partial charge in [-0.2, -0.15) is 0 Å². The fraction of sp³-hybridized carbons (Fsp3) is 1.00. The van der Waals surface area contributed by atoms with Crippen LogP contribution in [-0.4, -0.2) is 30.7 Å². The second-order valence-electron chi connectivity index (χ2n) is 34.4. The van der Waals surface area contributed by atoms with Crippen LogP contribution in [0.5, 0.6) is 0 Å². The largest absolute Gasteiger partial charge is 0.324 e. The predicted octanol–water partition coefficient (Wildman–Crippen LogP) is 35.6. The number of quaternary nitrogens is 1. The van der Waals surface area contributed by atoms with E-state index in [-0.39, 0.29) is 0 Å². The van der Waals surface area contributed by atoms with Crippen molar-refractivity contribution in [3.05, 3.63) is 0 Å². The molecule has 0 aromatic heterocycles. The Labute approximate surface area is 619 Å². The summed E-state index contributed by atoms with van der Waals surface area (Å²) in [6, 6.07) is 0. The Morgan fingerprint density at radius 3 is 0.320 bits per heavy atom. The van der Waals surface area contributed by atoms with Gasteiger partial charge in [-0.15, -0.1) is 0 Å². The zero-order chi connectivity index (χ0) is 70.2. The smallest absolute Gasteiger partial charge is 0.0786 e. The molecule has 1 heteroatoms. The maximum absolute atomic E-state index is 2.38. The average Bonchev–Trinajstić information content (AvgIpc) is 1.74. The van der Waals surface area contributed by atoms with E-state index in [0.29, 0.717) is 0 Å². The second-order valence-corrected chi connectivity index (χ2v) is 34.4. The van der Waals surface area contributed by atoms with Gasteiger partial charge in [0.1, 0.15) is 0 Å². The third-order valence-corrected chi connectivity index (χ3v) is 24.7. The molecular formula is C96H196N+. The summed E-state index contributed by atoms with van der Waals surface area (Å²) in [5, 5.41) is 0. The molecule has 0 amide bonds. The highest BCUT2D eigenvalue weighted by Crippen LogP contribution is 2.31. The Balaban J connectivity index is 6.70. The zero-order valence-electron chi connectivity index (χ0n) is 70.2. The molecule has 0 radical (unpaired) electrons. The van der Waals surface area contributed by atoms with Crippen molar-refractivity contribution in [3.63, 3.8) is 0 Å². The zero-order valence-corrected chi connectivity index (χ0v) is 70.2. The molecular weight excluding hydrogens is 1170 g/mol. The predicted molar refractivity (Wildman–Crippen MR) is 448 cm³/mol. The van der Waals surface area contributed by atoms with Crippen molar-refractivity contribution in [1.82, 2.24) is 0 Å². The van der Waals surface area contributed by atoms with Gasteiger partial charge < -0.3 is 4.48 Å². The van der Waals surface area contributed by atoms with Crippen molar-refractivity contribution in [2.75, 3.05) is 26.2 Å². The van der Waals surface area contributed by atoms with Crippen molar-refractivity contribution < 1.29 is 4.48 Å². The van der Waals surface area contributed by atoms with Gasteiger partial charge in [0.25, 0.3) is 0 Å². The molecule has 0 rings (SSSR count). The Morgan fingerprint density at radius 1 is 0.113 bits per heavy atom. The molecule has 1 nitrogen and oxygen atoms in total. The average molecular weight is 1360 g/mol. The van der Waals surface area contributed by atoms with Crippen molar-refractivity contribution in [2.24, 2.45) is 23.7 Å². The van der Waals surface area contributed by atoms with E-state index < -0.39 is 0 Å². The lowest BCUT2D eigenvalue weighted by Gasteiger charge is -2.40. The lowest BCUT2D eigenvalue weighted by Crippen LogP contribution is -2.50. The van der Waals surface area contributed by atoms with Gasteiger partial charge in [0.05, 0.1) is 26.2 Å². The molecule has 0 aliphatic carbocycles. The minimum absolute atomic E-state index is 0.992. The molecule has 4 unspecified atom stereocenters. The molecule has 0 heterocycles. The van der Waals surface area contributed by atoms with Gasteiger partial charge in [-0.1, -0.05) is 518 Å². The first kappa shape index (κ1) is 97.0. The van der Waals surface area contributed by atoms with Gasteiger partial charge in [0.15, 0.2) is 0 Å². The monoisotopic (exact) mass is 1360 g/mol. The van der Waals surface area contributed by atoms with Crippen LogP contribution in [0.2, 0.25) is 0 Å². The Kier molecular flexibility index (Phi) is 83.2. The highest BCUT2D eigenvalue weighted by Gasteiger charge is 2.27. The fourth-order valence-corrected chi connectivity index (χ4v) is 17.8. The SMILES string of the molecule is CCCCCCCCCCC(CCCCCCCC)CCCCC[N+](CCCCCC(CCCCCCCC)CCCCCCCCCC)(CCCCCC(CCCCCCCC)CCCCCCCCCC)CCCCCC(CCCCCCCC)CCCCCCCCCC. The van der Waals surface area contributed by atoms with Gasteiger partial charge in [0, 0.05) is 0 Å². The number of hydrogen-bond donors (Lipinski definition) is 0. The van der Waals surface area contributed by atoms with E-state index in [1.165, 1.54) is 544 Å². The summed E-state index contributed by atoms with van der Waals surface area (Å²) in [5.41, 5.74) is 0. The summed E-state index contributed by atoms with van der Waals surface area (Å²) >= 11 is 0. The fourth-order valence-electron chi connectivity index (χ4n) is 17.8. The maximum atomic E-state index is 2.38. The summed E-state index contributed by atoms with van der Waals surface area (Å²) in [5.74, 6) is 3.97. The number of unbranched alkanes of at least 4 members (excludes halogenated alkanes) is 56. The normalized spacial score (nSPS) is 13.9. The quantitative estimate of drug-likeness (QED) is 0.0421. The summed E-state index contributed by atoms with van der Waals surface area (Å²) in [7, 11) is 0. The van der Waals surface area contributed by atoms with E-state index >= 15 is 0 Å². The van der Waals surface area contributed by atoms with E-state index in [1.54, 1.807) is 0 Å². The molecule has 0 aliphatic heterocycles. The molecule has 584 valence electrons. The first-order valence-electron chi connectivity index (χ1n) is 47.8. The van der Waals surface area contributed by atoms with Crippen molar-refractivity contribution >= 4 is 0 Å². The van der Waals surface area contributed by atoms with Gasteiger partial charge in [-0.25, -0.2) is 0 Å². The highest BCUT2D eigenvalue weighted by atomic mass is 15.3. The van der Waals surface area contributed by atoms with Crippen LogP contribution in [0.3, 0.4) is 0 Å². The molecule has 0 saturated heterocycles. The van der Waals surface area contributed by atoms with Crippen molar-refractivity contribution in [2.45, 2.75) is 569 Å². The molecule has 0 aliphatic rings. The van der Waals surface area contributed by atoms with Crippen LogP contribution in [0.1, 0.15) is 569 Å². The van der Waals surface area contributed by atoms with Gasteiger partial charge >= 0.3 is 0 Å². The second kappa shape index (κ2) is 83.2. The number of rotatable bonds is 88. The first-order valence-corrected chi connectivity index (χ1v) is 47.8. The Bertz CT molecular complexity index is 1160. The highest BCUT2D eigenvalue weighted by molar-refractivity contribution is 4.68. The van der Waals surface area contributed by atoms with Gasteiger partial charge in [-0.3, -0.25) is 0 Å². The summed E-state index contributed by atoms with van der Waals surface area (Å²) < 4.78 is 1.50. The molecule has 0 aromatic carbocycles. The maximum Gasteiger partial charge on any atom is 0.0786 e. The van der Waals surface area contributed by atoms with Crippen LogP contribution in [0.15, 0.2) is 0 Å². The lowest BCUT2D eigenvalue weighted by molar-refractivity contribution is -0.929. The van der Waals surface area contributed by atoms with Gasteiger partial charge in [-0.05, 0) is 75.0 Å². The summed E-state index contributed by atoms with van der Waals surface area (Å²) in [6.07, 6.45) is 118. The molecule has 0 fully saturated rings. The summed E-state index contributed by atoms with van der Waals surface area (Å²) in [4.78, 5) is 0. The minimum atomic E-state index is 0.992. The standard InChI is InChI=1S/C96H196N/c1-9-17-25-33-41-45-53-65-81-93(77-61-49-37-29-21-13-5)85-69-57-73-89-97(90-74-58-70-86-94(78-62-50-38-30-22-14-6)82-66-54-46-42-34-26-18-10-2,91-75-59-71-87-95(79-63-51-39-31-23-15-7)83-67-55-47-43-35-27-19-11-3)92-76-60-72-88-96(80-64-52-40-32-24-16-8)84-68-56-48-44-36-28-20-12-4/h93-96H,9-92H2,1-8H3/q+1. The molecule has 4 atom stereocenters. The van der Waals surface area contributed by atoms with E-state index in [1.807, 2.05) is 0 Å². The molecule has 0 saturated carbocycles.